The van der Waals surface area contributed by atoms with Crippen LogP contribution in [0.4, 0.5) is 0 Å². The number of aliphatic hydroxyl groups excluding tert-OH is 2. The average Bonchev–Trinajstić information content (AvgIpc) is 3.34. The monoisotopic (exact) mass is 1080 g/mol. The van der Waals surface area contributed by atoms with Gasteiger partial charge in [-0.05, 0) is 109 Å². The van der Waals surface area contributed by atoms with Crippen LogP contribution in [0.3, 0.4) is 0 Å². The molecule has 0 aromatic heterocycles. The van der Waals surface area contributed by atoms with E-state index in [0.29, 0.717) is 10.5 Å². The molecule has 12 atom stereocenters. The van der Waals surface area contributed by atoms with Gasteiger partial charge < -0.3 is 87.1 Å². The zero-order chi connectivity index (χ0) is 57.4. The second kappa shape index (κ2) is 33.1. The standard InChI is InChI=1S/C49H85N15O12/c1-25(2)22-30(55)40(67)62-38(27(5)65)47(74)59-34(15-20-53)48(75)64-37(16-21-54)46(73)58-32(13-18-51)42(69)61-36(24-29-10-8-7-9-11-29)45(72)60-35(23-26(3)4)44(71)57-31(12-17-50)41(68)56-33(14-19-52)43(70)63-39(28(6)66)49(64)76/h7-11,25-28,30-39,65-66H,12-24,50-55H2,1-6H3,(H,56,68)(H,57,71)(H,58,73)(H,59,74)(H,60,72)(H,61,69)(H,62,67)(H,63,70)/t27-,28-,30+,31+,32+,33+,34+,35+,36-,37+,38+,39+/m1/s1. The van der Waals surface area contributed by atoms with Crippen molar-refractivity contribution in [1.82, 2.24) is 47.4 Å². The Bertz CT molecular complexity index is 2100. The number of carbonyl (C=O) groups excluding carboxylic acids is 10. The van der Waals surface area contributed by atoms with Gasteiger partial charge in [-0.3, -0.25) is 52.8 Å². The summed E-state index contributed by atoms with van der Waals surface area (Å²) >= 11 is 0. The van der Waals surface area contributed by atoms with Crippen LogP contribution in [0, 0.1) is 11.8 Å². The van der Waals surface area contributed by atoms with Crippen LogP contribution in [0.15, 0.2) is 30.3 Å². The third-order valence-electron chi connectivity index (χ3n) is 12.3. The van der Waals surface area contributed by atoms with E-state index in [-0.39, 0.29) is 76.5 Å². The van der Waals surface area contributed by atoms with Crippen molar-refractivity contribution in [2.75, 3.05) is 32.7 Å². The number of amides is 10. The topological polar surface area (TPSA) is 467 Å². The van der Waals surface area contributed by atoms with E-state index in [1.807, 2.05) is 13.8 Å². The third kappa shape index (κ3) is 20.7. The van der Waals surface area contributed by atoms with Crippen molar-refractivity contribution in [2.45, 2.75) is 166 Å². The first-order valence-electron chi connectivity index (χ1n) is 25.8. The van der Waals surface area contributed by atoms with Crippen molar-refractivity contribution in [3.8, 4) is 0 Å². The van der Waals surface area contributed by atoms with Gasteiger partial charge in [0.25, 0.3) is 11.8 Å². The maximum atomic E-state index is 15.1. The summed E-state index contributed by atoms with van der Waals surface area (Å²) in [4.78, 5) is 144. The zero-order valence-corrected chi connectivity index (χ0v) is 44.6. The van der Waals surface area contributed by atoms with Gasteiger partial charge in [-0.2, -0.15) is 0 Å². The average molecular weight is 1080 g/mol. The van der Waals surface area contributed by atoms with Crippen molar-refractivity contribution in [3.63, 3.8) is 0 Å². The van der Waals surface area contributed by atoms with Crippen LogP contribution < -0.4 is 76.9 Å². The van der Waals surface area contributed by atoms with Crippen LogP contribution in [-0.4, -0.2) is 180 Å². The van der Waals surface area contributed by atoms with Crippen LogP contribution in [0.25, 0.3) is 0 Å². The fourth-order valence-electron chi connectivity index (χ4n) is 8.30. The minimum absolute atomic E-state index is 0.0306. The number of rotatable bonds is 23. The first kappa shape index (κ1) is 65.9. The van der Waals surface area contributed by atoms with Crippen molar-refractivity contribution >= 4 is 59.1 Å². The van der Waals surface area contributed by atoms with Gasteiger partial charge in [-0.15, -0.1) is 0 Å². The lowest BCUT2D eigenvalue weighted by molar-refractivity contribution is -0.158. The highest BCUT2D eigenvalue weighted by Crippen LogP contribution is 2.17. The van der Waals surface area contributed by atoms with Gasteiger partial charge in [0.2, 0.25) is 47.3 Å². The molecule has 0 unspecified atom stereocenters. The number of hydrogen-bond acceptors (Lipinski definition) is 18. The van der Waals surface area contributed by atoms with Gasteiger partial charge in [0.1, 0.15) is 54.4 Å². The molecule has 1 aromatic carbocycles. The molecule has 27 nitrogen and oxygen atoms in total. The van der Waals surface area contributed by atoms with Gasteiger partial charge in [0, 0.05) is 6.42 Å². The molecule has 10 amide bonds. The molecule has 0 radical (unpaired) electrons. The largest absolute Gasteiger partial charge is 0.391 e. The third-order valence-corrected chi connectivity index (χ3v) is 12.3. The predicted molar refractivity (Wildman–Crippen MR) is 280 cm³/mol. The van der Waals surface area contributed by atoms with E-state index in [4.69, 9.17) is 34.4 Å². The lowest BCUT2D eigenvalue weighted by Gasteiger charge is -2.36. The molecular weight excluding hydrogens is 991 g/mol. The summed E-state index contributed by atoms with van der Waals surface area (Å²) in [6, 6.07) is -7.55. The fraction of sp³-hybridized carbons (Fsp3) is 0.673. The lowest BCUT2D eigenvalue weighted by Crippen LogP contribution is -2.66. The molecular formula is C49H85N15O12. The summed E-state index contributed by atoms with van der Waals surface area (Å²) in [5, 5.41) is 42.0. The van der Waals surface area contributed by atoms with Crippen molar-refractivity contribution in [1.29, 1.82) is 0 Å². The van der Waals surface area contributed by atoms with Gasteiger partial charge >= 0.3 is 0 Å². The Morgan fingerprint density at radius 3 is 1.50 bits per heavy atom. The maximum Gasteiger partial charge on any atom is 0.255 e. The molecule has 428 valence electrons. The molecule has 27 heteroatoms. The number of hydrogen-bond donors (Lipinski definition) is 16. The highest BCUT2D eigenvalue weighted by Gasteiger charge is 2.45. The molecule has 1 aliphatic rings. The van der Waals surface area contributed by atoms with E-state index in [0.717, 1.165) is 6.92 Å². The van der Waals surface area contributed by atoms with E-state index < -0.39 is 151 Å². The number of imide groups is 1. The van der Waals surface area contributed by atoms with E-state index in [9.17, 15) is 48.6 Å². The summed E-state index contributed by atoms with van der Waals surface area (Å²) in [5.74, 6) is -10.9. The van der Waals surface area contributed by atoms with E-state index >= 15 is 9.59 Å². The Morgan fingerprint density at radius 2 is 1.04 bits per heavy atom. The van der Waals surface area contributed by atoms with Gasteiger partial charge in [-0.1, -0.05) is 58.0 Å². The Morgan fingerprint density at radius 1 is 0.579 bits per heavy atom. The second-order valence-corrected chi connectivity index (χ2v) is 19.8. The SMILES string of the molecule is CC(C)C[C@@H]1NC(=O)[C@@H](Cc2ccccc2)NC(=O)[C@H](CCN)NC(=O)[C@H](CCN)N(C(=O)[C@H](CCN)NC(=O)[C@@H](NC(=O)[C@@H](N)CC(C)C)[C@@H](C)O)C(=O)[C@H]([C@@H](C)O)NC(=O)[C@H](CCN)NC(=O)[C@H](CCN)NC1=O. The molecule has 0 aliphatic carbocycles. The van der Waals surface area contributed by atoms with Gasteiger partial charge in [0.05, 0.1) is 18.2 Å². The summed E-state index contributed by atoms with van der Waals surface area (Å²) in [6.45, 7) is 8.06. The van der Waals surface area contributed by atoms with Crippen molar-refractivity contribution in [2.24, 2.45) is 46.2 Å². The summed E-state index contributed by atoms with van der Waals surface area (Å²) in [7, 11) is 0. The molecule has 1 aliphatic heterocycles. The minimum Gasteiger partial charge on any atom is -0.391 e. The molecule has 0 spiro atoms. The quantitative estimate of drug-likeness (QED) is 0.0485. The summed E-state index contributed by atoms with van der Waals surface area (Å²) in [6.07, 6.45) is -5.06. The first-order valence-corrected chi connectivity index (χ1v) is 25.8. The van der Waals surface area contributed by atoms with Gasteiger partial charge in [0.15, 0.2) is 0 Å². The highest BCUT2D eigenvalue weighted by molar-refractivity contribution is 6.07. The molecule has 1 aromatic rings. The molecule has 2 rings (SSSR count). The Kier molecular flexibility index (Phi) is 28.7. The zero-order valence-electron chi connectivity index (χ0n) is 44.6. The molecule has 1 saturated heterocycles. The Hall–Kier alpha value is -6.20. The Labute approximate surface area is 444 Å². The fourth-order valence-corrected chi connectivity index (χ4v) is 8.30. The molecule has 0 bridgehead atoms. The van der Waals surface area contributed by atoms with Crippen LogP contribution in [-0.2, 0) is 54.4 Å². The van der Waals surface area contributed by atoms with E-state index in [1.165, 1.54) is 6.92 Å². The molecule has 1 fully saturated rings. The van der Waals surface area contributed by atoms with Gasteiger partial charge in [-0.25, -0.2) is 0 Å². The maximum absolute atomic E-state index is 15.1. The number of nitrogens with one attached hydrogen (secondary N) is 8. The number of carbonyl (C=O) groups is 10. The summed E-state index contributed by atoms with van der Waals surface area (Å²) < 4.78 is 0. The predicted octanol–water partition coefficient (Wildman–Crippen LogP) is -6.23. The minimum atomic E-state index is -2.12. The van der Waals surface area contributed by atoms with Crippen LogP contribution in [0.2, 0.25) is 0 Å². The molecule has 1 heterocycles. The number of benzene rings is 1. The van der Waals surface area contributed by atoms with Crippen molar-refractivity contribution in [3.05, 3.63) is 35.9 Å². The number of nitrogens with zero attached hydrogens (tertiary/aromatic N) is 1. The summed E-state index contributed by atoms with van der Waals surface area (Å²) in [5.41, 5.74) is 36.3. The lowest BCUT2D eigenvalue weighted by atomic mass is 10.00. The van der Waals surface area contributed by atoms with Crippen LogP contribution in [0.1, 0.15) is 92.1 Å². The second-order valence-electron chi connectivity index (χ2n) is 19.8. The normalized spacial score (nSPS) is 23.8. The number of nitrogens with two attached hydrogens (primary N) is 6. The Balaban J connectivity index is 2.99. The first-order chi connectivity index (χ1) is 35.8. The molecule has 76 heavy (non-hydrogen) atoms. The molecule has 22 N–H and O–H groups in total. The molecule has 0 saturated carbocycles. The van der Waals surface area contributed by atoms with Crippen molar-refractivity contribution < 1.29 is 58.2 Å². The van der Waals surface area contributed by atoms with E-state index in [2.05, 4.69) is 42.5 Å². The smallest absolute Gasteiger partial charge is 0.255 e. The highest BCUT2D eigenvalue weighted by atomic mass is 16.3. The van der Waals surface area contributed by atoms with E-state index in [1.54, 1.807) is 44.2 Å². The number of aliphatic hydroxyl groups is 2. The van der Waals surface area contributed by atoms with Crippen LogP contribution in [0.5, 0.6) is 0 Å². The van der Waals surface area contributed by atoms with Crippen LogP contribution >= 0.6 is 0 Å².